The van der Waals surface area contributed by atoms with Gasteiger partial charge in [0.15, 0.2) is 0 Å². The molecule has 2 fully saturated rings. The number of nitrogens with zero attached hydrogens (tertiary/aromatic N) is 1. The number of nitrogens with two attached hydrogens (primary N) is 1. The minimum atomic E-state index is -1.26. The quantitative estimate of drug-likeness (QED) is 0.0747. The second-order valence-electron chi connectivity index (χ2n) is 12.2. The molecule has 1 heterocycles. The number of hydrogen-bond donors (Lipinski definition) is 5. The average Bonchev–Trinajstić information content (AvgIpc) is 3.13. The molecule has 240 valence electrons. The predicted octanol–water partition coefficient (Wildman–Crippen LogP) is 0.865. The highest BCUT2D eigenvalue weighted by Gasteiger charge is 2.51. The highest BCUT2D eigenvalue weighted by molar-refractivity contribution is 6.08. The highest BCUT2D eigenvalue weighted by atomic mass is 16.4. The van der Waals surface area contributed by atoms with Crippen molar-refractivity contribution in [2.75, 3.05) is 25.0 Å². The number of imide groups is 1. The fraction of sp³-hybridized carbons (Fsp3) is 0.600. The summed E-state index contributed by atoms with van der Waals surface area (Å²) in [4.78, 5) is 76.8. The summed E-state index contributed by atoms with van der Waals surface area (Å²) in [6.07, 6.45) is 4.23. The van der Waals surface area contributed by atoms with Gasteiger partial charge in [-0.1, -0.05) is 32.4 Å². The molecule has 1 atom stereocenters. The number of unbranched alkanes of at least 4 members (excludes halogenated alkanes) is 2. The van der Waals surface area contributed by atoms with Gasteiger partial charge in [-0.3, -0.25) is 28.9 Å². The molecule has 0 aromatic heterocycles. The first-order chi connectivity index (χ1) is 20.9. The molecule has 0 radical (unpaired) electrons. The Morgan fingerprint density at radius 3 is 2.23 bits per heavy atom. The van der Waals surface area contributed by atoms with E-state index in [-0.39, 0.29) is 37.1 Å². The van der Waals surface area contributed by atoms with Gasteiger partial charge in [0, 0.05) is 31.7 Å². The van der Waals surface area contributed by atoms with E-state index in [4.69, 9.17) is 10.4 Å². The van der Waals surface area contributed by atoms with Crippen molar-refractivity contribution in [3.8, 4) is 0 Å². The summed E-state index contributed by atoms with van der Waals surface area (Å²) in [5.74, 6) is -1.62. The van der Waals surface area contributed by atoms with Crippen LogP contribution in [0.1, 0.15) is 77.2 Å². The van der Waals surface area contributed by atoms with Gasteiger partial charge in [0.1, 0.15) is 11.5 Å². The smallest absolute Gasteiger partial charge is 0.312 e. The van der Waals surface area contributed by atoms with Gasteiger partial charge < -0.3 is 31.7 Å². The first-order valence-corrected chi connectivity index (χ1v) is 15.3. The molecule has 1 aliphatic carbocycles. The number of rotatable bonds is 17. The standard InChI is InChI=1S/C30H45BN6O7/c1-29(2)18-23(38)37(27(29)42)17-5-3-4-15-33-25(40)30(13-7-14-30)26(41)36-22(8-6-16-34-28(32)43)24(39)35-21-11-9-20(10-12-21)19-44-31/h9-12,22H,3-8,13-19,31H2,1-2H3,(H,33,40)(H,35,39)(H,36,41)(H3,32,34,43)/t22-/m0/s1. The number of primary amides is 1. The highest BCUT2D eigenvalue weighted by Crippen LogP contribution is 2.41. The summed E-state index contributed by atoms with van der Waals surface area (Å²) in [6.45, 7) is 4.91. The summed E-state index contributed by atoms with van der Waals surface area (Å²) >= 11 is 0. The molecule has 13 nitrogen and oxygen atoms in total. The average molecular weight is 613 g/mol. The monoisotopic (exact) mass is 612 g/mol. The van der Waals surface area contributed by atoms with E-state index in [0.717, 1.165) is 5.56 Å². The number of likely N-dealkylation sites (tertiary alicyclic amines) is 1. The van der Waals surface area contributed by atoms with E-state index in [9.17, 15) is 28.8 Å². The van der Waals surface area contributed by atoms with Crippen LogP contribution in [0.5, 0.6) is 0 Å². The number of benzene rings is 1. The predicted molar refractivity (Wildman–Crippen MR) is 165 cm³/mol. The van der Waals surface area contributed by atoms with Gasteiger partial charge in [-0.25, -0.2) is 4.79 Å². The lowest BCUT2D eigenvalue weighted by Crippen LogP contribution is -2.58. The van der Waals surface area contributed by atoms with Crippen molar-refractivity contribution >= 4 is 49.3 Å². The number of nitrogens with one attached hydrogen (secondary N) is 4. The van der Waals surface area contributed by atoms with Gasteiger partial charge in [0.05, 0.1) is 12.0 Å². The number of urea groups is 1. The zero-order valence-electron chi connectivity index (χ0n) is 26.0. The lowest BCUT2D eigenvalue weighted by molar-refractivity contribution is -0.151. The van der Waals surface area contributed by atoms with Crippen LogP contribution in [-0.4, -0.2) is 74.2 Å². The van der Waals surface area contributed by atoms with Crippen molar-refractivity contribution in [3.05, 3.63) is 29.8 Å². The van der Waals surface area contributed by atoms with Crippen molar-refractivity contribution < 1.29 is 33.4 Å². The SMILES string of the molecule is BOCc1ccc(NC(=O)[C@H](CCCNC(N)=O)NC(=O)C2(C(=O)NCCCCCN3C(=O)CC(C)(C)C3=O)CCC2)cc1. The van der Waals surface area contributed by atoms with Crippen molar-refractivity contribution in [1.82, 2.24) is 20.9 Å². The van der Waals surface area contributed by atoms with Crippen LogP contribution in [0.2, 0.25) is 0 Å². The van der Waals surface area contributed by atoms with Crippen LogP contribution in [-0.2, 0) is 35.2 Å². The van der Waals surface area contributed by atoms with Crippen molar-refractivity contribution in [1.29, 1.82) is 0 Å². The maximum atomic E-state index is 13.5. The molecule has 1 aromatic carbocycles. The van der Waals surface area contributed by atoms with Crippen LogP contribution >= 0.6 is 0 Å². The number of carbonyl (C=O) groups excluding carboxylic acids is 6. The Bertz CT molecular complexity index is 1220. The summed E-state index contributed by atoms with van der Waals surface area (Å²) in [5.41, 5.74) is 4.70. The van der Waals surface area contributed by atoms with E-state index < -0.39 is 34.7 Å². The maximum absolute atomic E-state index is 13.5. The largest absolute Gasteiger partial charge is 0.440 e. The lowest BCUT2D eigenvalue weighted by Gasteiger charge is -2.39. The number of hydrogen-bond acceptors (Lipinski definition) is 7. The number of amides is 7. The van der Waals surface area contributed by atoms with Crippen molar-refractivity contribution in [2.45, 2.75) is 84.3 Å². The molecule has 0 spiro atoms. The molecule has 2 aliphatic rings. The molecule has 1 aromatic rings. The summed E-state index contributed by atoms with van der Waals surface area (Å²) in [6, 6.07) is 5.50. The molecule has 14 heteroatoms. The zero-order valence-corrected chi connectivity index (χ0v) is 26.0. The molecule has 0 bridgehead atoms. The van der Waals surface area contributed by atoms with Gasteiger partial charge >= 0.3 is 6.03 Å². The number of anilines is 1. The molecule has 1 saturated carbocycles. The van der Waals surface area contributed by atoms with Crippen molar-refractivity contribution in [3.63, 3.8) is 0 Å². The normalized spacial score (nSPS) is 17.4. The lowest BCUT2D eigenvalue weighted by atomic mass is 9.67. The van der Waals surface area contributed by atoms with E-state index in [0.29, 0.717) is 70.3 Å². The second-order valence-corrected chi connectivity index (χ2v) is 12.2. The van der Waals surface area contributed by atoms with Gasteiger partial charge in [0.2, 0.25) is 29.5 Å². The van der Waals surface area contributed by atoms with Crippen LogP contribution in [0.25, 0.3) is 0 Å². The Balaban J connectivity index is 1.52. The molecule has 0 unspecified atom stereocenters. The number of carbonyl (C=O) groups is 6. The van der Waals surface area contributed by atoms with E-state index in [1.807, 2.05) is 12.1 Å². The van der Waals surface area contributed by atoms with Crippen LogP contribution < -0.4 is 27.0 Å². The Labute approximate surface area is 259 Å². The van der Waals surface area contributed by atoms with Crippen LogP contribution in [0, 0.1) is 10.8 Å². The van der Waals surface area contributed by atoms with Crippen LogP contribution in [0.15, 0.2) is 24.3 Å². The third kappa shape index (κ3) is 9.04. The Morgan fingerprint density at radius 1 is 0.977 bits per heavy atom. The van der Waals surface area contributed by atoms with Gasteiger partial charge in [-0.05, 0) is 62.6 Å². The molecular weight excluding hydrogens is 567 g/mol. The molecular formula is C30H45BN6O7. The molecule has 7 amide bonds. The molecule has 1 aliphatic heterocycles. The third-order valence-electron chi connectivity index (χ3n) is 8.26. The summed E-state index contributed by atoms with van der Waals surface area (Å²) in [7, 11) is 1.59. The second kappa shape index (κ2) is 15.7. The molecule has 3 rings (SSSR count). The zero-order chi connectivity index (χ0) is 32.3. The summed E-state index contributed by atoms with van der Waals surface area (Å²) in [5, 5.41) is 11.0. The topological polar surface area (TPSA) is 189 Å². The Morgan fingerprint density at radius 2 is 1.66 bits per heavy atom. The van der Waals surface area contributed by atoms with Gasteiger partial charge in [0.25, 0.3) is 8.05 Å². The molecule has 6 N–H and O–H groups in total. The fourth-order valence-electron chi connectivity index (χ4n) is 5.45. The maximum Gasteiger partial charge on any atom is 0.312 e. The van der Waals surface area contributed by atoms with E-state index in [2.05, 4.69) is 21.3 Å². The van der Waals surface area contributed by atoms with E-state index >= 15 is 0 Å². The molecule has 1 saturated heterocycles. The first kappa shape index (κ1) is 34.6. The van der Waals surface area contributed by atoms with Gasteiger partial charge in [-0.2, -0.15) is 0 Å². The van der Waals surface area contributed by atoms with Crippen LogP contribution in [0.3, 0.4) is 0 Å². The van der Waals surface area contributed by atoms with E-state index in [1.165, 1.54) is 4.90 Å². The summed E-state index contributed by atoms with van der Waals surface area (Å²) < 4.78 is 5.11. The molecule has 44 heavy (non-hydrogen) atoms. The third-order valence-corrected chi connectivity index (χ3v) is 8.26. The minimum absolute atomic E-state index is 0.148. The Hall–Kier alpha value is -3.94. The van der Waals surface area contributed by atoms with Gasteiger partial charge in [-0.15, -0.1) is 0 Å². The Kier molecular flexibility index (Phi) is 12.3. The van der Waals surface area contributed by atoms with Crippen LogP contribution in [0.4, 0.5) is 10.5 Å². The fourth-order valence-corrected chi connectivity index (χ4v) is 5.45. The first-order valence-electron chi connectivity index (χ1n) is 15.3. The van der Waals surface area contributed by atoms with Crippen molar-refractivity contribution in [2.24, 2.45) is 16.6 Å². The van der Waals surface area contributed by atoms with E-state index in [1.54, 1.807) is 34.0 Å². The minimum Gasteiger partial charge on any atom is -0.440 e.